The number of rotatable bonds is 6. The van der Waals surface area contributed by atoms with Crippen molar-refractivity contribution in [2.75, 3.05) is 18.5 Å². The van der Waals surface area contributed by atoms with E-state index < -0.39 is 5.97 Å². The summed E-state index contributed by atoms with van der Waals surface area (Å²) in [7, 11) is 0. The summed E-state index contributed by atoms with van der Waals surface area (Å²) in [6.45, 7) is 11.3. The van der Waals surface area contributed by atoms with Crippen LogP contribution in [-0.2, 0) is 5.41 Å². The molecule has 0 aliphatic heterocycles. The van der Waals surface area contributed by atoms with E-state index >= 15 is 0 Å². The number of aryl methyl sites for hydroxylation is 2. The summed E-state index contributed by atoms with van der Waals surface area (Å²) in [6.07, 6.45) is 0. The largest absolute Gasteiger partial charge is 0.491 e. The van der Waals surface area contributed by atoms with Crippen LogP contribution >= 0.6 is 11.3 Å². The summed E-state index contributed by atoms with van der Waals surface area (Å²) >= 11 is 1.15. The number of hydrogen-bond donors (Lipinski definition) is 2. The minimum atomic E-state index is -0.941. The van der Waals surface area contributed by atoms with Crippen molar-refractivity contribution in [3.05, 3.63) is 39.9 Å². The first-order chi connectivity index (χ1) is 11.2. The van der Waals surface area contributed by atoms with Crippen LogP contribution in [-0.4, -0.2) is 29.2 Å². The van der Waals surface area contributed by atoms with Crippen molar-refractivity contribution in [3.63, 3.8) is 0 Å². The minimum absolute atomic E-state index is 0.0115. The average Bonchev–Trinajstić information content (AvgIpc) is 2.85. The number of ether oxygens (including phenoxy) is 1. The van der Waals surface area contributed by atoms with Gasteiger partial charge in [0.05, 0.1) is 12.2 Å². The molecule has 0 spiro atoms. The second-order valence-corrected chi connectivity index (χ2v) is 7.71. The third-order valence-electron chi connectivity index (χ3n) is 3.64. The zero-order valence-electron chi connectivity index (χ0n) is 14.8. The Morgan fingerprint density at radius 1 is 1.33 bits per heavy atom. The predicted octanol–water partition coefficient (Wildman–Crippen LogP) is 4.25. The Morgan fingerprint density at radius 3 is 2.62 bits per heavy atom. The van der Waals surface area contributed by atoms with Gasteiger partial charge in [0, 0.05) is 0 Å². The number of carboxylic acid groups (broad SMARTS) is 1. The number of nitrogens with zero attached hydrogens (tertiary/aromatic N) is 1. The molecule has 130 valence electrons. The van der Waals surface area contributed by atoms with E-state index in [0.29, 0.717) is 24.0 Å². The molecule has 0 bridgehead atoms. The van der Waals surface area contributed by atoms with E-state index in [0.717, 1.165) is 22.6 Å². The monoisotopic (exact) mass is 348 g/mol. The summed E-state index contributed by atoms with van der Waals surface area (Å²) < 4.78 is 6.00. The zero-order valence-corrected chi connectivity index (χ0v) is 15.6. The molecule has 24 heavy (non-hydrogen) atoms. The number of aromatic nitrogens is 1. The van der Waals surface area contributed by atoms with Crippen LogP contribution in [0.2, 0.25) is 0 Å². The standard InChI is InChI=1S/C18H24N2O3S/c1-11-7-6-8-13(18(3,4)5)14(11)23-10-9-19-17-20-12(2)15(24-17)16(21)22/h6-8H,9-10H2,1-5H3,(H,19,20)(H,21,22). The van der Waals surface area contributed by atoms with Crippen molar-refractivity contribution >= 4 is 22.4 Å². The molecule has 0 saturated heterocycles. The van der Waals surface area contributed by atoms with Crippen molar-refractivity contribution in [3.8, 4) is 5.75 Å². The fourth-order valence-electron chi connectivity index (χ4n) is 2.42. The Kier molecular flexibility index (Phi) is 5.49. The van der Waals surface area contributed by atoms with Crippen LogP contribution in [0.4, 0.5) is 5.13 Å². The summed E-state index contributed by atoms with van der Waals surface area (Å²) in [5.41, 5.74) is 2.84. The summed E-state index contributed by atoms with van der Waals surface area (Å²) in [4.78, 5) is 15.5. The van der Waals surface area contributed by atoms with Gasteiger partial charge < -0.3 is 15.2 Å². The van der Waals surface area contributed by atoms with E-state index in [-0.39, 0.29) is 10.3 Å². The van der Waals surface area contributed by atoms with Crippen molar-refractivity contribution in [1.29, 1.82) is 0 Å². The molecule has 2 N–H and O–H groups in total. The van der Waals surface area contributed by atoms with Crippen molar-refractivity contribution in [1.82, 2.24) is 4.98 Å². The van der Waals surface area contributed by atoms with Gasteiger partial charge in [-0.1, -0.05) is 50.3 Å². The molecule has 5 nitrogen and oxygen atoms in total. The van der Waals surface area contributed by atoms with Crippen LogP contribution in [0.5, 0.6) is 5.75 Å². The molecule has 0 aliphatic carbocycles. The van der Waals surface area contributed by atoms with E-state index in [1.807, 2.05) is 19.1 Å². The normalized spacial score (nSPS) is 11.4. The molecular weight excluding hydrogens is 324 g/mol. The summed E-state index contributed by atoms with van der Waals surface area (Å²) in [5, 5.41) is 12.8. The number of aromatic carboxylic acids is 1. The van der Waals surface area contributed by atoms with Crippen LogP contribution in [0.3, 0.4) is 0 Å². The number of benzene rings is 1. The molecule has 1 aromatic heterocycles. The van der Waals surface area contributed by atoms with Gasteiger partial charge in [-0.25, -0.2) is 9.78 Å². The topological polar surface area (TPSA) is 71.5 Å². The Labute approximate surface area is 146 Å². The van der Waals surface area contributed by atoms with Crippen molar-refractivity contribution in [2.45, 2.75) is 40.0 Å². The highest BCUT2D eigenvalue weighted by Crippen LogP contribution is 2.33. The first kappa shape index (κ1) is 18.3. The fourth-order valence-corrected chi connectivity index (χ4v) is 3.25. The molecule has 6 heteroatoms. The molecule has 2 rings (SSSR count). The summed E-state index contributed by atoms with van der Waals surface area (Å²) in [6, 6.07) is 6.19. The lowest BCUT2D eigenvalue weighted by Crippen LogP contribution is -2.17. The Hall–Kier alpha value is -2.08. The van der Waals surface area contributed by atoms with Crippen LogP contribution in [0, 0.1) is 13.8 Å². The van der Waals surface area contributed by atoms with Gasteiger partial charge in [-0.3, -0.25) is 0 Å². The van der Waals surface area contributed by atoms with Gasteiger partial charge >= 0.3 is 5.97 Å². The van der Waals surface area contributed by atoms with E-state index in [1.54, 1.807) is 6.92 Å². The first-order valence-electron chi connectivity index (χ1n) is 7.87. The highest BCUT2D eigenvalue weighted by atomic mass is 32.1. The third kappa shape index (κ3) is 4.26. The molecule has 0 fully saturated rings. The smallest absolute Gasteiger partial charge is 0.347 e. The maximum atomic E-state index is 11.0. The van der Waals surface area contributed by atoms with Crippen LogP contribution in [0.25, 0.3) is 0 Å². The number of carbonyl (C=O) groups is 1. The number of carboxylic acids is 1. The van der Waals surface area contributed by atoms with E-state index in [9.17, 15) is 4.79 Å². The number of anilines is 1. The molecule has 0 aliphatic rings. The number of nitrogens with one attached hydrogen (secondary N) is 1. The van der Waals surface area contributed by atoms with E-state index in [1.165, 1.54) is 5.56 Å². The first-order valence-corrected chi connectivity index (χ1v) is 8.69. The molecule has 0 atom stereocenters. The molecule has 1 aromatic carbocycles. The van der Waals surface area contributed by atoms with Gasteiger partial charge in [0.1, 0.15) is 17.2 Å². The second kappa shape index (κ2) is 7.21. The lowest BCUT2D eigenvalue weighted by atomic mass is 9.85. The average molecular weight is 348 g/mol. The van der Waals surface area contributed by atoms with Gasteiger partial charge in [-0.2, -0.15) is 0 Å². The Bertz CT molecular complexity index is 732. The number of para-hydroxylation sites is 1. The summed E-state index contributed by atoms with van der Waals surface area (Å²) in [5.74, 6) is -0.0163. The van der Waals surface area contributed by atoms with Gasteiger partial charge in [0.25, 0.3) is 0 Å². The van der Waals surface area contributed by atoms with Gasteiger partial charge in [0.15, 0.2) is 5.13 Å². The molecule has 0 saturated carbocycles. The second-order valence-electron chi connectivity index (χ2n) is 6.72. The maximum absolute atomic E-state index is 11.0. The van der Waals surface area contributed by atoms with Crippen LogP contribution in [0.1, 0.15) is 47.3 Å². The minimum Gasteiger partial charge on any atom is -0.491 e. The predicted molar refractivity (Wildman–Crippen MR) is 97.7 cm³/mol. The van der Waals surface area contributed by atoms with Gasteiger partial charge in [-0.05, 0) is 30.4 Å². The lowest BCUT2D eigenvalue weighted by Gasteiger charge is -2.24. The highest BCUT2D eigenvalue weighted by molar-refractivity contribution is 7.17. The van der Waals surface area contributed by atoms with Gasteiger partial charge in [-0.15, -0.1) is 0 Å². The molecule has 0 radical (unpaired) electrons. The Balaban J connectivity index is 1.98. The van der Waals surface area contributed by atoms with E-state index in [4.69, 9.17) is 9.84 Å². The van der Waals surface area contributed by atoms with Crippen LogP contribution in [0.15, 0.2) is 18.2 Å². The SMILES string of the molecule is Cc1cccc(C(C)(C)C)c1OCCNc1nc(C)c(C(=O)O)s1. The highest BCUT2D eigenvalue weighted by Gasteiger charge is 2.20. The lowest BCUT2D eigenvalue weighted by molar-refractivity contribution is 0.0701. The van der Waals surface area contributed by atoms with Crippen LogP contribution < -0.4 is 10.1 Å². The Morgan fingerprint density at radius 2 is 2.04 bits per heavy atom. The molecular formula is C18H24N2O3S. The van der Waals surface area contributed by atoms with E-state index in [2.05, 4.69) is 37.1 Å². The fraction of sp³-hybridized carbons (Fsp3) is 0.444. The number of hydrogen-bond acceptors (Lipinski definition) is 5. The molecule has 0 unspecified atom stereocenters. The van der Waals surface area contributed by atoms with Crippen molar-refractivity contribution < 1.29 is 14.6 Å². The van der Waals surface area contributed by atoms with Crippen molar-refractivity contribution in [2.24, 2.45) is 0 Å². The quantitative estimate of drug-likeness (QED) is 0.764. The maximum Gasteiger partial charge on any atom is 0.347 e. The number of thiazole rings is 1. The molecule has 0 amide bonds. The van der Waals surface area contributed by atoms with Gasteiger partial charge in [0.2, 0.25) is 0 Å². The molecule has 2 aromatic rings. The molecule has 1 heterocycles. The zero-order chi connectivity index (χ0) is 17.9. The third-order valence-corrected chi connectivity index (χ3v) is 4.74.